The molecule has 0 radical (unpaired) electrons. The lowest BCUT2D eigenvalue weighted by Crippen LogP contribution is -2.28. The lowest BCUT2D eigenvalue weighted by Gasteiger charge is -2.20. The molecule has 17 heavy (non-hydrogen) atoms. The second kappa shape index (κ2) is 5.94. The Balaban J connectivity index is 3.06. The molecule has 0 spiro atoms. The largest absolute Gasteiger partial charge is 0.383 e. The smallest absolute Gasteiger partial charge is 0.329 e. The molecule has 0 aliphatic carbocycles. The van der Waals surface area contributed by atoms with E-state index in [4.69, 9.17) is 10.5 Å². The number of aromatic nitrogens is 2. The summed E-state index contributed by atoms with van der Waals surface area (Å²) in [6, 6.07) is 0. The van der Waals surface area contributed by atoms with Crippen molar-refractivity contribution in [3.63, 3.8) is 0 Å². The van der Waals surface area contributed by atoms with Crippen LogP contribution in [-0.4, -0.2) is 41.7 Å². The first-order chi connectivity index (χ1) is 8.10. The second-order valence-corrected chi connectivity index (χ2v) is 3.27. The van der Waals surface area contributed by atoms with Crippen LogP contribution in [0, 0.1) is 10.1 Å². The molecule has 8 heteroatoms. The van der Waals surface area contributed by atoms with Crippen LogP contribution < -0.4 is 10.6 Å². The molecular formula is C9H15N5O3. The van der Waals surface area contributed by atoms with Gasteiger partial charge in [-0.05, 0) is 6.92 Å². The third-order valence-electron chi connectivity index (χ3n) is 2.21. The maximum Gasteiger partial charge on any atom is 0.329 e. The predicted octanol–water partition coefficient (Wildman–Crippen LogP) is 0.440. The number of hydrogen-bond acceptors (Lipinski definition) is 7. The van der Waals surface area contributed by atoms with Crippen molar-refractivity contribution in [1.29, 1.82) is 0 Å². The molecule has 1 heterocycles. The van der Waals surface area contributed by atoms with Gasteiger partial charge in [-0.15, -0.1) is 0 Å². The van der Waals surface area contributed by atoms with Gasteiger partial charge in [-0.2, -0.15) is 4.98 Å². The van der Waals surface area contributed by atoms with E-state index in [2.05, 4.69) is 9.97 Å². The molecule has 0 saturated heterocycles. The van der Waals surface area contributed by atoms with Crippen molar-refractivity contribution in [2.75, 3.05) is 37.4 Å². The Morgan fingerprint density at radius 1 is 1.65 bits per heavy atom. The summed E-state index contributed by atoms with van der Waals surface area (Å²) in [7, 11) is 1.57. The van der Waals surface area contributed by atoms with E-state index in [0.717, 1.165) is 6.20 Å². The summed E-state index contributed by atoms with van der Waals surface area (Å²) in [5, 5.41) is 10.9. The van der Waals surface area contributed by atoms with Gasteiger partial charge in [0.25, 0.3) is 0 Å². The van der Waals surface area contributed by atoms with E-state index in [1.807, 2.05) is 6.92 Å². The van der Waals surface area contributed by atoms with E-state index in [0.29, 0.717) is 19.7 Å². The van der Waals surface area contributed by atoms with Crippen LogP contribution in [-0.2, 0) is 4.74 Å². The monoisotopic (exact) mass is 241 g/mol. The molecule has 0 aliphatic rings. The van der Waals surface area contributed by atoms with Gasteiger partial charge in [0.1, 0.15) is 6.20 Å². The molecule has 8 nitrogen and oxygen atoms in total. The topological polar surface area (TPSA) is 107 Å². The molecule has 0 fully saturated rings. The van der Waals surface area contributed by atoms with E-state index in [9.17, 15) is 10.1 Å². The van der Waals surface area contributed by atoms with Crippen LogP contribution in [0.15, 0.2) is 6.20 Å². The van der Waals surface area contributed by atoms with Crippen LogP contribution in [0.2, 0.25) is 0 Å². The van der Waals surface area contributed by atoms with Gasteiger partial charge in [-0.1, -0.05) is 0 Å². The van der Waals surface area contributed by atoms with Gasteiger partial charge < -0.3 is 15.4 Å². The van der Waals surface area contributed by atoms with Gasteiger partial charge in [0.05, 0.1) is 11.5 Å². The van der Waals surface area contributed by atoms with Crippen molar-refractivity contribution in [3.8, 4) is 0 Å². The lowest BCUT2D eigenvalue weighted by molar-refractivity contribution is -0.384. The number of nitrogens with zero attached hydrogens (tertiary/aromatic N) is 4. The van der Waals surface area contributed by atoms with Gasteiger partial charge in [0.15, 0.2) is 0 Å². The highest BCUT2D eigenvalue weighted by Crippen LogP contribution is 2.24. The number of methoxy groups -OCH3 is 1. The maximum atomic E-state index is 10.9. The molecule has 0 amide bonds. The summed E-state index contributed by atoms with van der Waals surface area (Å²) in [6.45, 7) is 3.40. The highest BCUT2D eigenvalue weighted by atomic mass is 16.6. The van der Waals surface area contributed by atoms with Gasteiger partial charge in [0, 0.05) is 20.2 Å². The van der Waals surface area contributed by atoms with Crippen molar-refractivity contribution in [2.45, 2.75) is 6.92 Å². The van der Waals surface area contributed by atoms with E-state index < -0.39 is 4.92 Å². The minimum atomic E-state index is -0.524. The van der Waals surface area contributed by atoms with Crippen molar-refractivity contribution in [2.24, 2.45) is 0 Å². The third kappa shape index (κ3) is 3.25. The number of nitro groups is 1. The Labute approximate surface area is 98.6 Å². The fourth-order valence-electron chi connectivity index (χ4n) is 1.36. The van der Waals surface area contributed by atoms with Crippen molar-refractivity contribution in [1.82, 2.24) is 9.97 Å². The summed E-state index contributed by atoms with van der Waals surface area (Å²) in [6.07, 6.45) is 1.12. The van der Waals surface area contributed by atoms with Crippen molar-refractivity contribution < 1.29 is 9.66 Å². The molecule has 0 aliphatic heterocycles. The lowest BCUT2D eigenvalue weighted by atomic mass is 10.4. The number of likely N-dealkylation sites (N-methyl/N-ethyl adjacent to an activating group) is 1. The summed E-state index contributed by atoms with van der Waals surface area (Å²) in [5.41, 5.74) is 5.29. The Kier molecular flexibility index (Phi) is 4.58. The number of ether oxygens (including phenoxy) is 1. The molecule has 0 bridgehead atoms. The molecule has 0 atom stereocenters. The molecule has 0 aromatic carbocycles. The minimum Gasteiger partial charge on any atom is -0.383 e. The quantitative estimate of drug-likeness (QED) is 0.568. The summed E-state index contributed by atoms with van der Waals surface area (Å²) in [4.78, 5) is 19.6. The van der Waals surface area contributed by atoms with Gasteiger partial charge in [0.2, 0.25) is 11.8 Å². The number of hydrogen-bond donors (Lipinski definition) is 1. The van der Waals surface area contributed by atoms with Crippen LogP contribution in [0.25, 0.3) is 0 Å². The van der Waals surface area contributed by atoms with Crippen LogP contribution in [0.3, 0.4) is 0 Å². The van der Waals surface area contributed by atoms with Gasteiger partial charge in [-0.25, -0.2) is 4.98 Å². The van der Waals surface area contributed by atoms with E-state index in [-0.39, 0.29) is 17.5 Å². The average Bonchev–Trinajstić information content (AvgIpc) is 2.29. The standard InChI is InChI=1S/C9H15N5O3/c1-3-13(4-5-17-2)8-7(14(15)16)6-11-9(10)12-8/h6H,3-5H2,1-2H3,(H2,10,11,12). The van der Waals surface area contributed by atoms with E-state index in [1.54, 1.807) is 12.0 Å². The summed E-state index contributed by atoms with van der Waals surface area (Å²) in [5.74, 6) is 0.239. The molecule has 2 N–H and O–H groups in total. The fraction of sp³-hybridized carbons (Fsp3) is 0.556. The third-order valence-corrected chi connectivity index (χ3v) is 2.21. The van der Waals surface area contributed by atoms with Crippen LogP contribution in [0.5, 0.6) is 0 Å². The Hall–Kier alpha value is -1.96. The Morgan fingerprint density at radius 3 is 2.88 bits per heavy atom. The molecule has 94 valence electrons. The second-order valence-electron chi connectivity index (χ2n) is 3.27. The zero-order chi connectivity index (χ0) is 12.8. The Bertz CT molecular complexity index is 398. The number of anilines is 2. The molecule has 1 aromatic rings. The molecule has 1 aromatic heterocycles. The highest BCUT2D eigenvalue weighted by molar-refractivity contribution is 5.58. The SMILES string of the molecule is CCN(CCOC)c1nc(N)ncc1[N+](=O)[O-]. The van der Waals surface area contributed by atoms with Crippen molar-refractivity contribution in [3.05, 3.63) is 16.3 Å². The van der Waals surface area contributed by atoms with Crippen LogP contribution in [0.1, 0.15) is 6.92 Å². The first-order valence-electron chi connectivity index (χ1n) is 5.11. The molecule has 1 rings (SSSR count). The van der Waals surface area contributed by atoms with Crippen molar-refractivity contribution >= 4 is 17.5 Å². The van der Waals surface area contributed by atoms with E-state index >= 15 is 0 Å². The van der Waals surface area contributed by atoms with Gasteiger partial charge >= 0.3 is 5.69 Å². The zero-order valence-corrected chi connectivity index (χ0v) is 9.79. The van der Waals surface area contributed by atoms with Crippen LogP contribution >= 0.6 is 0 Å². The average molecular weight is 241 g/mol. The molecule has 0 unspecified atom stereocenters. The first-order valence-corrected chi connectivity index (χ1v) is 5.11. The van der Waals surface area contributed by atoms with Gasteiger partial charge in [-0.3, -0.25) is 10.1 Å². The van der Waals surface area contributed by atoms with E-state index in [1.165, 1.54) is 0 Å². The number of nitrogen functional groups attached to an aromatic ring is 1. The predicted molar refractivity (Wildman–Crippen MR) is 62.9 cm³/mol. The normalized spacial score (nSPS) is 10.2. The van der Waals surface area contributed by atoms with Crippen LogP contribution in [0.4, 0.5) is 17.5 Å². The molecular weight excluding hydrogens is 226 g/mol. The Morgan fingerprint density at radius 2 is 2.35 bits per heavy atom. The first kappa shape index (κ1) is 13.1. The number of rotatable bonds is 6. The maximum absolute atomic E-state index is 10.9. The number of nitrogens with two attached hydrogens (primary N) is 1. The highest BCUT2D eigenvalue weighted by Gasteiger charge is 2.21. The molecule has 0 saturated carbocycles. The fourth-order valence-corrected chi connectivity index (χ4v) is 1.36. The zero-order valence-electron chi connectivity index (χ0n) is 9.79. The minimum absolute atomic E-state index is 0.0152. The summed E-state index contributed by atoms with van der Waals surface area (Å²) < 4.78 is 4.94. The summed E-state index contributed by atoms with van der Waals surface area (Å²) >= 11 is 0.